The molecule has 0 aliphatic carbocycles. The number of hydrogen-bond acceptors (Lipinski definition) is 0. The van der Waals surface area contributed by atoms with Gasteiger partial charge < -0.3 is 0 Å². The molecule has 0 aromatic heterocycles. The molecule has 0 unspecified atom stereocenters. The molecular weight excluding hydrogens is 234 g/mol. The largest absolute Gasteiger partial charge is 0.417 e. The summed E-state index contributed by atoms with van der Waals surface area (Å²) in [5, 5.41) is 0. The van der Waals surface area contributed by atoms with Crippen LogP contribution in [0.5, 0.6) is 0 Å². The Labute approximate surface area is 86.9 Å². The Kier molecular flexibility index (Phi) is 2.91. The molecule has 1 radical (unpaired) electrons. The molecule has 0 heterocycles. The third-order valence-corrected chi connectivity index (χ3v) is 1.79. The van der Waals surface area contributed by atoms with Crippen molar-refractivity contribution >= 4 is 0 Å². The maximum Gasteiger partial charge on any atom is 0.417 e. The van der Waals surface area contributed by atoms with E-state index in [1.165, 1.54) is 5.92 Å². The summed E-state index contributed by atoms with van der Waals surface area (Å²) in [5.41, 5.74) is -3.64. The minimum atomic E-state index is -4.94. The average molecular weight is 237 g/mol. The molecule has 0 bridgehead atoms. The number of rotatable bonds is 0. The van der Waals surface area contributed by atoms with E-state index in [2.05, 4.69) is 0 Å². The smallest absolute Gasteiger partial charge is 0.166 e. The fraction of sp³-hybridized carbons (Fsp3) is 0.200. The first-order valence-corrected chi connectivity index (χ1v) is 3.87. The van der Waals surface area contributed by atoms with E-state index in [1.54, 1.807) is 0 Å². The molecule has 16 heavy (non-hydrogen) atoms. The van der Waals surface area contributed by atoms with Crippen LogP contribution >= 0.6 is 0 Å². The number of hydrogen-bond donors (Lipinski definition) is 0. The van der Waals surface area contributed by atoms with Crippen molar-refractivity contribution in [3.63, 3.8) is 0 Å². The molecule has 0 fully saturated rings. The van der Waals surface area contributed by atoms with E-state index in [4.69, 9.17) is 6.42 Å². The van der Waals surface area contributed by atoms with Gasteiger partial charge in [0.05, 0.1) is 11.1 Å². The number of halogens is 6. The zero-order chi connectivity index (χ0) is 12.6. The highest BCUT2D eigenvalue weighted by atomic mass is 19.4. The van der Waals surface area contributed by atoms with Gasteiger partial charge in [-0.2, -0.15) is 26.3 Å². The van der Waals surface area contributed by atoms with Gasteiger partial charge in [-0.05, 0) is 24.6 Å². The van der Waals surface area contributed by atoms with Crippen molar-refractivity contribution in [3.8, 4) is 5.92 Å². The van der Waals surface area contributed by atoms with Crippen molar-refractivity contribution in [1.29, 1.82) is 0 Å². The first-order valence-electron chi connectivity index (χ1n) is 3.87. The summed E-state index contributed by atoms with van der Waals surface area (Å²) in [7, 11) is 0. The number of alkyl halides is 6. The van der Waals surface area contributed by atoms with Crippen molar-refractivity contribution in [2.24, 2.45) is 0 Å². The maximum atomic E-state index is 12.3. The highest BCUT2D eigenvalue weighted by molar-refractivity contribution is 5.43. The van der Waals surface area contributed by atoms with Crippen LogP contribution in [0.1, 0.15) is 16.7 Å². The summed E-state index contributed by atoms with van der Waals surface area (Å²) in [4.78, 5) is 0. The summed E-state index contributed by atoms with van der Waals surface area (Å²) in [5.74, 6) is 1.44. The van der Waals surface area contributed by atoms with Gasteiger partial charge in [0, 0.05) is 5.56 Å². The molecular formula is C10H3F6. The van der Waals surface area contributed by atoms with E-state index in [9.17, 15) is 26.3 Å². The van der Waals surface area contributed by atoms with Gasteiger partial charge >= 0.3 is 12.4 Å². The second kappa shape index (κ2) is 3.74. The first kappa shape index (κ1) is 12.4. The molecule has 1 rings (SSSR count). The quantitative estimate of drug-likeness (QED) is 0.477. The molecule has 0 saturated heterocycles. The van der Waals surface area contributed by atoms with Crippen LogP contribution in [-0.4, -0.2) is 0 Å². The molecule has 0 spiro atoms. The monoisotopic (exact) mass is 237 g/mol. The lowest BCUT2D eigenvalue weighted by Gasteiger charge is -2.12. The molecule has 85 valence electrons. The third kappa shape index (κ3) is 2.48. The van der Waals surface area contributed by atoms with Crippen LogP contribution in [0, 0.1) is 12.3 Å². The van der Waals surface area contributed by atoms with Crippen LogP contribution in [0.25, 0.3) is 0 Å². The van der Waals surface area contributed by atoms with E-state index in [-0.39, 0.29) is 6.07 Å². The molecule has 0 nitrogen and oxygen atoms in total. The topological polar surface area (TPSA) is 0 Å². The summed E-state index contributed by atoms with van der Waals surface area (Å²) in [6.07, 6.45) is -3.23. The van der Waals surface area contributed by atoms with Crippen LogP contribution in [0.15, 0.2) is 18.2 Å². The predicted octanol–water partition coefficient (Wildman–Crippen LogP) is 3.66. The summed E-state index contributed by atoms with van der Waals surface area (Å²) in [6, 6.07) is 1.02. The molecule has 0 saturated carbocycles. The second-order valence-corrected chi connectivity index (χ2v) is 2.88. The van der Waals surface area contributed by atoms with Crippen LogP contribution in [-0.2, 0) is 12.4 Å². The van der Waals surface area contributed by atoms with E-state index >= 15 is 0 Å². The Hall–Kier alpha value is -1.64. The minimum Gasteiger partial charge on any atom is -0.166 e. The van der Waals surface area contributed by atoms with Crippen LogP contribution in [0.3, 0.4) is 0 Å². The van der Waals surface area contributed by atoms with Gasteiger partial charge in [-0.15, -0.1) is 0 Å². The van der Waals surface area contributed by atoms with Gasteiger partial charge in [-0.1, -0.05) is 5.92 Å². The Morgan fingerprint density at radius 2 is 1.50 bits per heavy atom. The predicted molar refractivity (Wildman–Crippen MR) is 42.7 cm³/mol. The second-order valence-electron chi connectivity index (χ2n) is 2.88. The minimum absolute atomic E-state index is 0.0309. The normalized spacial score (nSPS) is 12.3. The molecule has 0 aliphatic heterocycles. The highest BCUT2D eigenvalue weighted by Gasteiger charge is 2.37. The molecule has 0 aliphatic rings. The van der Waals surface area contributed by atoms with E-state index in [0.29, 0.717) is 12.1 Å². The molecule has 1 aromatic carbocycles. The van der Waals surface area contributed by atoms with E-state index in [0.717, 1.165) is 0 Å². The van der Waals surface area contributed by atoms with Crippen LogP contribution in [0.4, 0.5) is 26.3 Å². The van der Waals surface area contributed by atoms with Gasteiger partial charge in [0.15, 0.2) is 0 Å². The van der Waals surface area contributed by atoms with Crippen molar-refractivity contribution in [1.82, 2.24) is 0 Å². The summed E-state index contributed by atoms with van der Waals surface area (Å²) < 4.78 is 73.4. The molecule has 6 heteroatoms. The third-order valence-electron chi connectivity index (χ3n) is 1.79. The number of benzene rings is 1. The fourth-order valence-electron chi connectivity index (χ4n) is 1.06. The van der Waals surface area contributed by atoms with Gasteiger partial charge in [0.2, 0.25) is 0 Å². The van der Waals surface area contributed by atoms with Crippen LogP contribution < -0.4 is 0 Å². The lowest BCUT2D eigenvalue weighted by Crippen LogP contribution is -2.12. The molecule has 0 N–H and O–H groups in total. The Bertz CT molecular complexity index is 432. The Morgan fingerprint density at radius 1 is 0.938 bits per heavy atom. The first-order chi connectivity index (χ1) is 7.16. The summed E-state index contributed by atoms with van der Waals surface area (Å²) in [6.45, 7) is 0. The SMILES string of the molecule is [C]#Cc1ccc(C(F)(F)F)cc1C(F)(F)F. The van der Waals surface area contributed by atoms with E-state index < -0.39 is 29.0 Å². The molecule has 0 atom stereocenters. The van der Waals surface area contributed by atoms with Gasteiger partial charge in [-0.25, -0.2) is 0 Å². The van der Waals surface area contributed by atoms with Crippen molar-refractivity contribution in [2.45, 2.75) is 12.4 Å². The fourth-order valence-corrected chi connectivity index (χ4v) is 1.06. The van der Waals surface area contributed by atoms with E-state index in [1.807, 2.05) is 0 Å². The van der Waals surface area contributed by atoms with Crippen LogP contribution in [0.2, 0.25) is 0 Å². The molecule has 0 amide bonds. The zero-order valence-corrected chi connectivity index (χ0v) is 7.50. The lowest BCUT2D eigenvalue weighted by atomic mass is 10.0. The van der Waals surface area contributed by atoms with Crippen molar-refractivity contribution < 1.29 is 26.3 Å². The zero-order valence-electron chi connectivity index (χ0n) is 7.50. The Morgan fingerprint density at radius 3 is 1.88 bits per heavy atom. The van der Waals surface area contributed by atoms with Crippen molar-refractivity contribution in [3.05, 3.63) is 41.3 Å². The van der Waals surface area contributed by atoms with Gasteiger partial charge in [0.25, 0.3) is 0 Å². The molecule has 1 aromatic rings. The average Bonchev–Trinajstić information content (AvgIpc) is 2.14. The van der Waals surface area contributed by atoms with Gasteiger partial charge in [-0.3, -0.25) is 0 Å². The maximum absolute atomic E-state index is 12.3. The van der Waals surface area contributed by atoms with Gasteiger partial charge in [0.1, 0.15) is 0 Å². The van der Waals surface area contributed by atoms with Crippen molar-refractivity contribution in [2.75, 3.05) is 0 Å². The lowest BCUT2D eigenvalue weighted by molar-refractivity contribution is -0.143. The highest BCUT2D eigenvalue weighted by Crippen LogP contribution is 2.36. The summed E-state index contributed by atoms with van der Waals surface area (Å²) >= 11 is 0. The standard InChI is InChI=1S/C10H3F6/c1-2-6-3-4-7(9(11,12)13)5-8(6)10(14,15)16/h3-5H. The Balaban J connectivity index is 3.41.